The third-order valence-corrected chi connectivity index (χ3v) is 9.04. The SMILES string of the molecule is CC(C)(C)[Si](C)(C)Oc1cccc(-c2[nH]nc3ncnc(N)c23)c1. The zero-order chi connectivity index (χ0) is 17.5. The first-order valence-electron chi connectivity index (χ1n) is 7.93. The Hall–Kier alpha value is -2.41. The summed E-state index contributed by atoms with van der Waals surface area (Å²) in [6, 6.07) is 7.98. The van der Waals surface area contributed by atoms with E-state index in [2.05, 4.69) is 54.0 Å². The number of benzene rings is 1. The molecule has 0 aliphatic rings. The quantitative estimate of drug-likeness (QED) is 0.703. The fourth-order valence-electron chi connectivity index (χ4n) is 2.25. The molecule has 0 aliphatic carbocycles. The van der Waals surface area contributed by atoms with Gasteiger partial charge in [-0.1, -0.05) is 32.9 Å². The minimum atomic E-state index is -1.89. The number of H-pyrrole nitrogens is 1. The molecule has 0 saturated heterocycles. The Labute approximate surface area is 142 Å². The van der Waals surface area contributed by atoms with E-state index in [1.807, 2.05) is 24.3 Å². The number of nitrogen functional groups attached to an aromatic ring is 1. The second-order valence-electron chi connectivity index (χ2n) is 7.45. The molecular formula is C17H23N5OSi. The van der Waals surface area contributed by atoms with Crippen LogP contribution in [0.25, 0.3) is 22.3 Å². The maximum atomic E-state index is 6.39. The van der Waals surface area contributed by atoms with Crippen molar-refractivity contribution in [3.8, 4) is 17.0 Å². The van der Waals surface area contributed by atoms with E-state index in [1.165, 1.54) is 6.33 Å². The molecule has 0 spiro atoms. The van der Waals surface area contributed by atoms with Crippen LogP contribution in [0.2, 0.25) is 18.1 Å². The average molecular weight is 341 g/mol. The van der Waals surface area contributed by atoms with Gasteiger partial charge in [0.05, 0.1) is 11.1 Å². The Morgan fingerprint density at radius 2 is 1.92 bits per heavy atom. The zero-order valence-corrected chi connectivity index (χ0v) is 15.7. The summed E-state index contributed by atoms with van der Waals surface area (Å²) in [6.45, 7) is 11.1. The summed E-state index contributed by atoms with van der Waals surface area (Å²) >= 11 is 0. The lowest BCUT2D eigenvalue weighted by molar-refractivity contribution is 0.492. The number of nitrogens with zero attached hydrogens (tertiary/aromatic N) is 3. The van der Waals surface area contributed by atoms with Gasteiger partial charge in [0.15, 0.2) is 5.65 Å². The molecule has 3 rings (SSSR count). The van der Waals surface area contributed by atoms with Gasteiger partial charge in [0.25, 0.3) is 0 Å². The first kappa shape index (κ1) is 16.4. The summed E-state index contributed by atoms with van der Waals surface area (Å²) in [5, 5.41) is 8.10. The van der Waals surface area contributed by atoms with Crippen molar-refractivity contribution in [2.75, 3.05) is 5.73 Å². The molecule has 2 aromatic heterocycles. The van der Waals surface area contributed by atoms with Crippen LogP contribution >= 0.6 is 0 Å². The number of rotatable bonds is 3. The van der Waals surface area contributed by atoms with E-state index in [9.17, 15) is 0 Å². The van der Waals surface area contributed by atoms with Crippen LogP contribution in [0, 0.1) is 0 Å². The molecule has 0 radical (unpaired) electrons. The summed E-state index contributed by atoms with van der Waals surface area (Å²) < 4.78 is 6.39. The van der Waals surface area contributed by atoms with Crippen molar-refractivity contribution < 1.29 is 4.43 Å². The molecule has 24 heavy (non-hydrogen) atoms. The number of hydrogen-bond donors (Lipinski definition) is 2. The fraction of sp³-hybridized carbons (Fsp3) is 0.353. The molecule has 126 valence electrons. The predicted molar refractivity (Wildman–Crippen MR) is 99.4 cm³/mol. The molecule has 0 atom stereocenters. The van der Waals surface area contributed by atoms with E-state index >= 15 is 0 Å². The van der Waals surface area contributed by atoms with E-state index in [0.29, 0.717) is 11.5 Å². The second-order valence-corrected chi connectivity index (χ2v) is 12.2. The zero-order valence-electron chi connectivity index (χ0n) is 14.7. The van der Waals surface area contributed by atoms with Crippen molar-refractivity contribution in [1.82, 2.24) is 20.2 Å². The third-order valence-electron chi connectivity index (χ3n) is 4.68. The molecule has 3 aromatic rings. The molecule has 0 bridgehead atoms. The number of aromatic nitrogens is 4. The number of aromatic amines is 1. The minimum Gasteiger partial charge on any atom is -0.543 e. The molecule has 7 heteroatoms. The monoisotopic (exact) mass is 341 g/mol. The van der Waals surface area contributed by atoms with E-state index in [1.54, 1.807) is 0 Å². The summed E-state index contributed by atoms with van der Waals surface area (Å²) in [4.78, 5) is 8.21. The van der Waals surface area contributed by atoms with Gasteiger partial charge < -0.3 is 10.2 Å². The number of nitrogens with one attached hydrogen (secondary N) is 1. The molecule has 1 aromatic carbocycles. The number of hydrogen-bond acceptors (Lipinski definition) is 5. The second kappa shape index (κ2) is 5.59. The molecule has 0 fully saturated rings. The van der Waals surface area contributed by atoms with Crippen LogP contribution in [0.15, 0.2) is 30.6 Å². The van der Waals surface area contributed by atoms with Gasteiger partial charge in [0, 0.05) is 5.56 Å². The lowest BCUT2D eigenvalue weighted by atomic mass is 10.1. The summed E-state index contributed by atoms with van der Waals surface area (Å²) in [5.41, 5.74) is 8.33. The van der Waals surface area contributed by atoms with Crippen molar-refractivity contribution in [3.63, 3.8) is 0 Å². The highest BCUT2D eigenvalue weighted by Crippen LogP contribution is 2.38. The smallest absolute Gasteiger partial charge is 0.250 e. The summed E-state index contributed by atoms with van der Waals surface area (Å²) in [6.07, 6.45) is 1.42. The lowest BCUT2D eigenvalue weighted by Gasteiger charge is -2.36. The van der Waals surface area contributed by atoms with Crippen LogP contribution in [0.1, 0.15) is 20.8 Å². The van der Waals surface area contributed by atoms with Crippen LogP contribution in [0.3, 0.4) is 0 Å². The molecule has 0 saturated carbocycles. The lowest BCUT2D eigenvalue weighted by Crippen LogP contribution is -2.43. The van der Waals surface area contributed by atoms with Gasteiger partial charge in [-0.15, -0.1) is 0 Å². The van der Waals surface area contributed by atoms with Gasteiger partial charge in [-0.2, -0.15) is 5.10 Å². The molecule has 2 heterocycles. The van der Waals surface area contributed by atoms with Crippen molar-refractivity contribution in [2.45, 2.75) is 38.9 Å². The number of nitrogens with two attached hydrogens (primary N) is 1. The Bertz CT molecular complexity index is 882. The van der Waals surface area contributed by atoms with E-state index in [-0.39, 0.29) is 5.04 Å². The number of anilines is 1. The largest absolute Gasteiger partial charge is 0.543 e. The molecule has 3 N–H and O–H groups in total. The molecule has 0 unspecified atom stereocenters. The highest BCUT2D eigenvalue weighted by molar-refractivity contribution is 6.74. The van der Waals surface area contributed by atoms with Crippen LogP contribution in [0.5, 0.6) is 5.75 Å². The molecule has 6 nitrogen and oxygen atoms in total. The third kappa shape index (κ3) is 2.87. The van der Waals surface area contributed by atoms with Crippen molar-refractivity contribution in [3.05, 3.63) is 30.6 Å². The minimum absolute atomic E-state index is 0.141. The Morgan fingerprint density at radius 1 is 1.17 bits per heavy atom. The van der Waals surface area contributed by atoms with Crippen LogP contribution in [0.4, 0.5) is 5.82 Å². The fourth-order valence-corrected chi connectivity index (χ4v) is 3.27. The summed E-state index contributed by atoms with van der Waals surface area (Å²) in [7, 11) is -1.89. The van der Waals surface area contributed by atoms with Gasteiger partial charge in [-0.3, -0.25) is 5.10 Å². The highest BCUT2D eigenvalue weighted by Gasteiger charge is 2.39. The first-order chi connectivity index (χ1) is 11.2. The van der Waals surface area contributed by atoms with Gasteiger partial charge in [-0.05, 0) is 30.3 Å². The summed E-state index contributed by atoms with van der Waals surface area (Å²) in [5.74, 6) is 1.27. The maximum absolute atomic E-state index is 6.39. The topological polar surface area (TPSA) is 89.7 Å². The van der Waals surface area contributed by atoms with Crippen molar-refractivity contribution >= 4 is 25.2 Å². The van der Waals surface area contributed by atoms with E-state index in [0.717, 1.165) is 22.4 Å². The standard InChI is InChI=1S/C17H23N5OSi/c1-17(2,3)24(4,5)23-12-8-6-7-11(9-12)14-13-15(18)19-10-20-16(13)22-21-14/h6-10H,1-5H3,(H3,18,19,20,21,22). The van der Waals surface area contributed by atoms with Crippen LogP contribution in [-0.2, 0) is 0 Å². The van der Waals surface area contributed by atoms with Gasteiger partial charge >= 0.3 is 0 Å². The first-order valence-corrected chi connectivity index (χ1v) is 10.8. The normalized spacial score (nSPS) is 12.5. The highest BCUT2D eigenvalue weighted by atomic mass is 28.4. The van der Waals surface area contributed by atoms with Gasteiger partial charge in [0.1, 0.15) is 17.9 Å². The van der Waals surface area contributed by atoms with Crippen LogP contribution in [-0.4, -0.2) is 28.5 Å². The van der Waals surface area contributed by atoms with Gasteiger partial charge in [-0.25, -0.2) is 9.97 Å². The molecule has 0 aliphatic heterocycles. The molecule has 0 amide bonds. The van der Waals surface area contributed by atoms with E-state index < -0.39 is 8.32 Å². The average Bonchev–Trinajstić information content (AvgIpc) is 2.91. The van der Waals surface area contributed by atoms with Gasteiger partial charge in [0.2, 0.25) is 8.32 Å². The van der Waals surface area contributed by atoms with E-state index in [4.69, 9.17) is 10.2 Å². The van der Waals surface area contributed by atoms with Crippen molar-refractivity contribution in [2.24, 2.45) is 0 Å². The Balaban J connectivity index is 2.02. The maximum Gasteiger partial charge on any atom is 0.250 e. The van der Waals surface area contributed by atoms with Crippen molar-refractivity contribution in [1.29, 1.82) is 0 Å². The Morgan fingerprint density at radius 3 is 2.62 bits per heavy atom. The Kier molecular flexibility index (Phi) is 3.83. The molecular weight excluding hydrogens is 318 g/mol. The number of fused-ring (bicyclic) bond motifs is 1. The predicted octanol–water partition coefficient (Wildman–Crippen LogP) is 3.99. The van der Waals surface area contributed by atoms with Crippen LogP contribution < -0.4 is 10.2 Å².